The van der Waals surface area contributed by atoms with E-state index in [-0.39, 0.29) is 5.91 Å². The van der Waals surface area contributed by atoms with E-state index in [4.69, 9.17) is 4.74 Å². The average molecular weight is 305 g/mol. The van der Waals surface area contributed by atoms with E-state index in [0.717, 1.165) is 35.1 Å². The summed E-state index contributed by atoms with van der Waals surface area (Å²) in [5.74, 6) is 2.32. The van der Waals surface area contributed by atoms with Gasteiger partial charge in [0.2, 0.25) is 0 Å². The number of carbonyl (C=O) groups is 1. The third kappa shape index (κ3) is 5.12. The van der Waals surface area contributed by atoms with E-state index in [0.29, 0.717) is 5.92 Å². The number of carbonyl (C=O) groups excluding carboxylic acids is 1. The van der Waals surface area contributed by atoms with Crippen LogP contribution in [0, 0.1) is 5.92 Å². The van der Waals surface area contributed by atoms with Crippen LogP contribution in [-0.2, 0) is 4.79 Å². The molecule has 114 valence electrons. The van der Waals surface area contributed by atoms with Crippen LogP contribution >= 0.6 is 11.8 Å². The lowest BCUT2D eigenvalue weighted by Crippen LogP contribution is -2.11. The molecule has 21 heavy (non-hydrogen) atoms. The number of unbranched alkanes of at least 4 members (excludes halogenated alkanes) is 2. The summed E-state index contributed by atoms with van der Waals surface area (Å²) in [6.07, 6.45) is 5.50. The molecule has 1 aromatic rings. The van der Waals surface area contributed by atoms with Gasteiger partial charge in [-0.2, -0.15) is 0 Å². The minimum Gasteiger partial charge on any atom is -0.494 e. The molecule has 1 aliphatic heterocycles. The normalized spacial score (nSPS) is 17.4. The van der Waals surface area contributed by atoms with E-state index in [1.165, 1.54) is 12.8 Å². The Bertz CT molecular complexity index is 496. The van der Waals surface area contributed by atoms with Gasteiger partial charge in [0.05, 0.1) is 11.5 Å². The highest BCUT2D eigenvalue weighted by Crippen LogP contribution is 2.29. The summed E-state index contributed by atoms with van der Waals surface area (Å²) < 4.78 is 5.65. The highest BCUT2D eigenvalue weighted by Gasteiger charge is 2.18. The lowest BCUT2D eigenvalue weighted by Gasteiger charge is -2.08. The zero-order valence-corrected chi connectivity index (χ0v) is 13.5. The zero-order chi connectivity index (χ0) is 15.1. The second-order valence-electron chi connectivity index (χ2n) is 5.35. The standard InChI is InChI=1S/C17H23NO2S/c1-3-4-5-10-20-15-8-6-14(7-9-15)18-17(19)16-11-13(2)12-21-16/h6-9,11,13H,3-5,10,12H2,1-2H3,(H,18,19). The Morgan fingerprint density at radius 1 is 1.33 bits per heavy atom. The Kier molecular flexibility index (Phi) is 6.18. The van der Waals surface area contributed by atoms with E-state index in [2.05, 4.69) is 19.2 Å². The van der Waals surface area contributed by atoms with Gasteiger partial charge in [-0.05, 0) is 36.6 Å². The summed E-state index contributed by atoms with van der Waals surface area (Å²) >= 11 is 1.62. The molecule has 0 saturated carbocycles. The van der Waals surface area contributed by atoms with Gasteiger partial charge in [-0.1, -0.05) is 32.8 Å². The van der Waals surface area contributed by atoms with Gasteiger partial charge in [0.25, 0.3) is 5.91 Å². The molecule has 0 bridgehead atoms. The van der Waals surface area contributed by atoms with Crippen molar-refractivity contribution in [3.05, 3.63) is 35.2 Å². The molecule has 0 spiro atoms. The number of amides is 1. The predicted molar refractivity (Wildman–Crippen MR) is 89.8 cm³/mol. The monoisotopic (exact) mass is 305 g/mol. The van der Waals surface area contributed by atoms with Gasteiger partial charge in [0.1, 0.15) is 5.75 Å². The van der Waals surface area contributed by atoms with Crippen LogP contribution in [-0.4, -0.2) is 18.3 Å². The first-order valence-corrected chi connectivity index (χ1v) is 8.56. The molecule has 1 N–H and O–H groups in total. The summed E-state index contributed by atoms with van der Waals surface area (Å²) in [5.41, 5.74) is 0.807. The van der Waals surface area contributed by atoms with E-state index in [9.17, 15) is 4.79 Å². The van der Waals surface area contributed by atoms with Gasteiger partial charge in [-0.25, -0.2) is 0 Å². The minimum atomic E-state index is -0.0130. The van der Waals surface area contributed by atoms with Crippen molar-refractivity contribution >= 4 is 23.4 Å². The van der Waals surface area contributed by atoms with E-state index < -0.39 is 0 Å². The van der Waals surface area contributed by atoms with Crippen LogP contribution in [0.2, 0.25) is 0 Å². The summed E-state index contributed by atoms with van der Waals surface area (Å²) in [7, 11) is 0. The molecule has 0 radical (unpaired) electrons. The lowest BCUT2D eigenvalue weighted by atomic mass is 10.2. The second-order valence-corrected chi connectivity index (χ2v) is 6.42. The SMILES string of the molecule is CCCCCOc1ccc(NC(=O)C2=CC(C)CS2)cc1. The quantitative estimate of drug-likeness (QED) is 0.756. The number of hydrogen-bond acceptors (Lipinski definition) is 3. The molecule has 1 atom stereocenters. The van der Waals surface area contributed by atoms with Crippen molar-refractivity contribution < 1.29 is 9.53 Å². The van der Waals surface area contributed by atoms with Crippen LogP contribution in [0.1, 0.15) is 33.1 Å². The molecule has 1 heterocycles. The first kappa shape index (κ1) is 16.0. The highest BCUT2D eigenvalue weighted by molar-refractivity contribution is 8.04. The number of benzene rings is 1. The van der Waals surface area contributed by atoms with Crippen LogP contribution in [0.15, 0.2) is 35.2 Å². The number of hydrogen-bond donors (Lipinski definition) is 1. The van der Waals surface area contributed by atoms with Crippen molar-refractivity contribution in [2.45, 2.75) is 33.1 Å². The Balaban J connectivity index is 1.82. The Labute approximate surface area is 131 Å². The van der Waals surface area contributed by atoms with Gasteiger partial charge >= 0.3 is 0 Å². The van der Waals surface area contributed by atoms with Crippen LogP contribution in [0.25, 0.3) is 0 Å². The van der Waals surface area contributed by atoms with Crippen molar-refractivity contribution in [2.24, 2.45) is 5.92 Å². The zero-order valence-electron chi connectivity index (χ0n) is 12.7. The molecule has 1 aliphatic rings. The third-order valence-electron chi connectivity index (χ3n) is 3.29. The number of rotatable bonds is 7. The molecule has 0 fully saturated rings. The van der Waals surface area contributed by atoms with Crippen molar-refractivity contribution in [3.63, 3.8) is 0 Å². The van der Waals surface area contributed by atoms with Crippen molar-refractivity contribution in [3.8, 4) is 5.75 Å². The smallest absolute Gasteiger partial charge is 0.261 e. The van der Waals surface area contributed by atoms with Crippen LogP contribution in [0.3, 0.4) is 0 Å². The Morgan fingerprint density at radius 2 is 2.10 bits per heavy atom. The molecule has 1 aromatic carbocycles. The van der Waals surface area contributed by atoms with Gasteiger partial charge in [-0.3, -0.25) is 4.79 Å². The number of nitrogens with one attached hydrogen (secondary N) is 1. The van der Waals surface area contributed by atoms with Crippen molar-refractivity contribution in [2.75, 3.05) is 17.7 Å². The fourth-order valence-electron chi connectivity index (χ4n) is 2.09. The van der Waals surface area contributed by atoms with Crippen LogP contribution in [0.5, 0.6) is 5.75 Å². The first-order valence-electron chi connectivity index (χ1n) is 7.58. The molecule has 2 rings (SSSR count). The average Bonchev–Trinajstić information content (AvgIpc) is 2.92. The van der Waals surface area contributed by atoms with E-state index in [1.54, 1.807) is 11.8 Å². The van der Waals surface area contributed by atoms with Crippen LogP contribution < -0.4 is 10.1 Å². The van der Waals surface area contributed by atoms with Crippen molar-refractivity contribution in [1.29, 1.82) is 0 Å². The van der Waals surface area contributed by atoms with Crippen LogP contribution in [0.4, 0.5) is 5.69 Å². The van der Waals surface area contributed by atoms with Gasteiger partial charge in [0.15, 0.2) is 0 Å². The number of ether oxygens (including phenoxy) is 1. The largest absolute Gasteiger partial charge is 0.494 e. The fraction of sp³-hybridized carbons (Fsp3) is 0.471. The molecule has 3 nitrogen and oxygen atoms in total. The topological polar surface area (TPSA) is 38.3 Å². The fourth-order valence-corrected chi connectivity index (χ4v) is 3.14. The van der Waals surface area contributed by atoms with Gasteiger partial charge in [-0.15, -0.1) is 11.8 Å². The van der Waals surface area contributed by atoms with Gasteiger partial charge < -0.3 is 10.1 Å². The predicted octanol–water partition coefficient (Wildman–Crippen LogP) is 4.46. The summed E-state index contributed by atoms with van der Waals surface area (Å²) in [5, 5.41) is 2.92. The molecular formula is C17H23NO2S. The first-order chi connectivity index (χ1) is 10.2. The maximum atomic E-state index is 12.1. The third-order valence-corrected chi connectivity index (χ3v) is 4.62. The van der Waals surface area contributed by atoms with E-state index >= 15 is 0 Å². The summed E-state index contributed by atoms with van der Waals surface area (Å²) in [6.45, 7) is 5.05. The lowest BCUT2D eigenvalue weighted by molar-refractivity contribution is -0.112. The molecule has 0 aliphatic carbocycles. The molecule has 4 heteroatoms. The summed E-state index contributed by atoms with van der Waals surface area (Å²) in [4.78, 5) is 12.9. The molecule has 1 amide bonds. The number of allylic oxidation sites excluding steroid dienone is 1. The molecular weight excluding hydrogens is 282 g/mol. The van der Waals surface area contributed by atoms with Crippen molar-refractivity contribution in [1.82, 2.24) is 0 Å². The maximum absolute atomic E-state index is 12.1. The minimum absolute atomic E-state index is 0.0130. The highest BCUT2D eigenvalue weighted by atomic mass is 32.2. The molecule has 0 aromatic heterocycles. The number of anilines is 1. The Hall–Kier alpha value is -1.42. The summed E-state index contributed by atoms with van der Waals surface area (Å²) in [6, 6.07) is 7.58. The Morgan fingerprint density at radius 3 is 2.71 bits per heavy atom. The second kappa shape index (κ2) is 8.13. The number of thioether (sulfide) groups is 1. The van der Waals surface area contributed by atoms with Gasteiger partial charge in [0, 0.05) is 11.4 Å². The molecule has 1 unspecified atom stereocenters. The van der Waals surface area contributed by atoms with E-state index in [1.807, 2.05) is 30.3 Å². The maximum Gasteiger partial charge on any atom is 0.261 e. The molecule has 0 saturated heterocycles.